The molecule has 0 saturated carbocycles. The van der Waals surface area contributed by atoms with Gasteiger partial charge in [0.2, 0.25) is 10.0 Å². The Bertz CT molecular complexity index is 718. The molecule has 0 aliphatic carbocycles. The predicted octanol–water partition coefficient (Wildman–Crippen LogP) is 1.32. The molecule has 9 heteroatoms. The Labute approximate surface area is 142 Å². The molecule has 23 heavy (non-hydrogen) atoms. The number of nitrogens with zero attached hydrogens (tertiary/aromatic N) is 2. The molecule has 128 valence electrons. The molecular weight excluding hydrogens is 340 g/mol. The monoisotopic (exact) mass is 360 g/mol. The number of para-hydroxylation sites is 2. The lowest BCUT2D eigenvalue weighted by atomic mass is 10.3. The molecule has 1 aromatic carbocycles. The van der Waals surface area contributed by atoms with Gasteiger partial charge < -0.3 is 10.5 Å². The van der Waals surface area contributed by atoms with Gasteiger partial charge in [0, 0.05) is 6.54 Å². The molecule has 0 unspecified atom stereocenters. The fraction of sp³-hybridized carbons (Fsp3) is 0.357. The number of benzene rings is 1. The molecule has 0 fully saturated rings. The van der Waals surface area contributed by atoms with Gasteiger partial charge in [-0.05, 0) is 31.5 Å². The van der Waals surface area contributed by atoms with Crippen LogP contribution in [0.3, 0.4) is 0 Å². The lowest BCUT2D eigenvalue weighted by Gasteiger charge is -2.07. The van der Waals surface area contributed by atoms with Crippen LogP contribution in [0.4, 0.5) is 0 Å². The summed E-state index contributed by atoms with van der Waals surface area (Å²) < 4.78 is 33.6. The van der Waals surface area contributed by atoms with Gasteiger partial charge in [0.1, 0.15) is 16.3 Å². The molecule has 0 amide bonds. The van der Waals surface area contributed by atoms with E-state index < -0.39 is 10.0 Å². The van der Waals surface area contributed by atoms with E-state index in [0.29, 0.717) is 30.9 Å². The molecule has 3 N–H and O–H groups in total. The van der Waals surface area contributed by atoms with Gasteiger partial charge in [-0.2, -0.15) is 5.10 Å². The number of ether oxygens (including phenoxy) is 1. The summed E-state index contributed by atoms with van der Waals surface area (Å²) in [5.74, 6) is 0.616. The summed E-state index contributed by atoms with van der Waals surface area (Å²) >= 11 is 0. The summed E-state index contributed by atoms with van der Waals surface area (Å²) in [6.07, 6.45) is 4.26. The van der Waals surface area contributed by atoms with Crippen molar-refractivity contribution in [3.63, 3.8) is 0 Å². The molecule has 1 heterocycles. The first-order valence-electron chi connectivity index (χ1n) is 6.96. The highest BCUT2D eigenvalue weighted by molar-refractivity contribution is 7.89. The van der Waals surface area contributed by atoms with E-state index in [2.05, 4.69) is 9.82 Å². The third-order valence-corrected chi connectivity index (χ3v) is 4.54. The molecule has 0 atom stereocenters. The molecule has 0 bridgehead atoms. The second kappa shape index (κ2) is 8.88. The lowest BCUT2D eigenvalue weighted by Crippen LogP contribution is -2.24. The normalized spacial score (nSPS) is 11.0. The number of sulfonamides is 1. The Morgan fingerprint density at radius 2 is 2.04 bits per heavy atom. The summed E-state index contributed by atoms with van der Waals surface area (Å²) in [5.41, 5.74) is 6.06. The van der Waals surface area contributed by atoms with Crippen molar-refractivity contribution in [3.8, 4) is 11.4 Å². The lowest BCUT2D eigenvalue weighted by molar-refractivity contribution is 0.411. The molecule has 2 aromatic rings. The van der Waals surface area contributed by atoms with E-state index in [4.69, 9.17) is 10.5 Å². The van der Waals surface area contributed by atoms with Gasteiger partial charge in [0.25, 0.3) is 0 Å². The van der Waals surface area contributed by atoms with Crippen molar-refractivity contribution in [2.24, 2.45) is 5.73 Å². The smallest absolute Gasteiger partial charge is 0.243 e. The van der Waals surface area contributed by atoms with Crippen molar-refractivity contribution >= 4 is 22.4 Å². The zero-order valence-corrected chi connectivity index (χ0v) is 14.4. The van der Waals surface area contributed by atoms with Gasteiger partial charge in [0.15, 0.2) is 0 Å². The van der Waals surface area contributed by atoms with Crippen molar-refractivity contribution < 1.29 is 13.2 Å². The minimum atomic E-state index is -3.56. The number of hydrogen-bond donors (Lipinski definition) is 2. The number of methoxy groups -OCH3 is 1. The van der Waals surface area contributed by atoms with Crippen LogP contribution in [-0.4, -0.2) is 38.4 Å². The van der Waals surface area contributed by atoms with E-state index in [9.17, 15) is 8.42 Å². The first kappa shape index (κ1) is 19.4. The Morgan fingerprint density at radius 1 is 1.30 bits per heavy atom. The minimum Gasteiger partial charge on any atom is -0.494 e. The van der Waals surface area contributed by atoms with Crippen LogP contribution < -0.4 is 15.2 Å². The van der Waals surface area contributed by atoms with Gasteiger partial charge >= 0.3 is 0 Å². The number of rotatable bonds is 8. The summed E-state index contributed by atoms with van der Waals surface area (Å²) in [7, 11) is -2.01. The van der Waals surface area contributed by atoms with Gasteiger partial charge in [0.05, 0.1) is 19.5 Å². The van der Waals surface area contributed by atoms with Crippen molar-refractivity contribution in [3.05, 3.63) is 36.7 Å². The van der Waals surface area contributed by atoms with Crippen LogP contribution in [0.2, 0.25) is 0 Å². The summed E-state index contributed by atoms with van der Waals surface area (Å²) in [4.78, 5) is 0.117. The van der Waals surface area contributed by atoms with E-state index in [1.807, 2.05) is 12.1 Å². The first-order valence-corrected chi connectivity index (χ1v) is 8.44. The number of unbranched alkanes of at least 4 members (excludes halogenated alkanes) is 1. The van der Waals surface area contributed by atoms with Crippen molar-refractivity contribution in [1.29, 1.82) is 0 Å². The van der Waals surface area contributed by atoms with Crippen LogP contribution in [-0.2, 0) is 10.0 Å². The van der Waals surface area contributed by atoms with E-state index in [1.54, 1.807) is 19.2 Å². The second-order valence-electron chi connectivity index (χ2n) is 4.69. The third-order valence-electron chi connectivity index (χ3n) is 3.12. The Kier molecular flexibility index (Phi) is 7.50. The summed E-state index contributed by atoms with van der Waals surface area (Å²) in [6.45, 7) is 0.910. The maximum atomic E-state index is 12.2. The van der Waals surface area contributed by atoms with Gasteiger partial charge in [-0.1, -0.05) is 12.1 Å². The first-order chi connectivity index (χ1) is 10.6. The molecule has 0 radical (unpaired) electrons. The molecular formula is C14H21ClN4O3S. The maximum Gasteiger partial charge on any atom is 0.243 e. The average molecular weight is 361 g/mol. The van der Waals surface area contributed by atoms with E-state index in [1.165, 1.54) is 17.1 Å². The molecule has 2 rings (SSSR count). The fourth-order valence-electron chi connectivity index (χ4n) is 1.96. The predicted molar refractivity (Wildman–Crippen MR) is 90.8 cm³/mol. The SMILES string of the molecule is COc1ccccc1-n1cc(S(=O)(=O)NCCCCN)cn1.Cl. The fourth-order valence-corrected chi connectivity index (χ4v) is 2.96. The molecule has 1 aromatic heterocycles. The van der Waals surface area contributed by atoms with Crippen molar-refractivity contribution in [1.82, 2.24) is 14.5 Å². The van der Waals surface area contributed by atoms with Crippen LogP contribution in [0.5, 0.6) is 5.75 Å². The Hall–Kier alpha value is -1.61. The standard InChI is InChI=1S/C14H20N4O3S.ClH/c1-21-14-7-3-2-6-13(14)18-11-12(10-16-18)22(19,20)17-9-5-4-8-15;/h2-3,6-7,10-11,17H,4-5,8-9,15H2,1H3;1H. The van der Waals surface area contributed by atoms with E-state index in [-0.39, 0.29) is 17.3 Å². The quantitative estimate of drug-likeness (QED) is 0.692. The van der Waals surface area contributed by atoms with Crippen LogP contribution in [0.25, 0.3) is 5.69 Å². The number of aromatic nitrogens is 2. The van der Waals surface area contributed by atoms with Crippen LogP contribution in [0.1, 0.15) is 12.8 Å². The Morgan fingerprint density at radius 3 is 2.74 bits per heavy atom. The van der Waals surface area contributed by atoms with E-state index >= 15 is 0 Å². The minimum absolute atomic E-state index is 0. The highest BCUT2D eigenvalue weighted by Crippen LogP contribution is 2.22. The molecule has 0 saturated heterocycles. The summed E-state index contributed by atoms with van der Waals surface area (Å²) in [5, 5.41) is 4.10. The second-order valence-corrected chi connectivity index (χ2v) is 6.45. The topological polar surface area (TPSA) is 99.2 Å². The molecule has 0 aliphatic heterocycles. The van der Waals surface area contributed by atoms with Crippen LogP contribution >= 0.6 is 12.4 Å². The van der Waals surface area contributed by atoms with E-state index in [0.717, 1.165) is 6.42 Å². The largest absolute Gasteiger partial charge is 0.494 e. The zero-order valence-electron chi connectivity index (χ0n) is 12.8. The summed E-state index contributed by atoms with van der Waals surface area (Å²) in [6, 6.07) is 7.26. The highest BCUT2D eigenvalue weighted by Gasteiger charge is 2.17. The average Bonchev–Trinajstić information content (AvgIpc) is 3.02. The number of halogens is 1. The van der Waals surface area contributed by atoms with Crippen LogP contribution in [0.15, 0.2) is 41.6 Å². The highest BCUT2D eigenvalue weighted by atomic mass is 35.5. The number of hydrogen-bond acceptors (Lipinski definition) is 5. The van der Waals surface area contributed by atoms with Gasteiger partial charge in [-0.15, -0.1) is 12.4 Å². The molecule has 0 aliphatic rings. The zero-order chi connectivity index (χ0) is 16.0. The molecule has 0 spiro atoms. The van der Waals surface area contributed by atoms with Crippen molar-refractivity contribution in [2.75, 3.05) is 20.2 Å². The number of nitrogens with two attached hydrogens (primary N) is 1. The van der Waals surface area contributed by atoms with Gasteiger partial charge in [-0.25, -0.2) is 17.8 Å². The molecule has 7 nitrogen and oxygen atoms in total. The van der Waals surface area contributed by atoms with Crippen LogP contribution in [0, 0.1) is 0 Å². The van der Waals surface area contributed by atoms with Crippen molar-refractivity contribution in [2.45, 2.75) is 17.7 Å². The third kappa shape index (κ3) is 4.93. The van der Waals surface area contributed by atoms with Gasteiger partial charge in [-0.3, -0.25) is 0 Å². The maximum absolute atomic E-state index is 12.2. The Balaban J connectivity index is 0.00000264. The number of nitrogens with one attached hydrogen (secondary N) is 1.